The van der Waals surface area contributed by atoms with E-state index in [1.165, 1.54) is 5.57 Å². The molecule has 15 heavy (non-hydrogen) atoms. The van der Waals surface area contributed by atoms with E-state index in [-0.39, 0.29) is 0 Å². The standard InChI is InChI=1S/C14H23N/c1-6-7-12(4)10-13(5)14(15)9-8-11(2)3/h6-7,9-11H,5,8,15H2,1-4H3/b7-6-,12-10+,14-9+. The lowest BCUT2D eigenvalue weighted by Gasteiger charge is -2.04. The van der Waals surface area contributed by atoms with Gasteiger partial charge in [-0.15, -0.1) is 0 Å². The molecule has 0 aromatic heterocycles. The predicted molar refractivity (Wildman–Crippen MR) is 69.4 cm³/mol. The van der Waals surface area contributed by atoms with E-state index in [0.29, 0.717) is 5.92 Å². The molecular formula is C14H23N. The molecule has 0 fully saturated rings. The van der Waals surface area contributed by atoms with E-state index < -0.39 is 0 Å². The minimum absolute atomic E-state index is 0.636. The number of allylic oxidation sites excluding steroid dienone is 5. The summed E-state index contributed by atoms with van der Waals surface area (Å²) in [6.07, 6.45) is 9.11. The number of hydrogen-bond donors (Lipinski definition) is 1. The molecule has 0 spiro atoms. The summed E-state index contributed by atoms with van der Waals surface area (Å²) in [6.45, 7) is 12.3. The van der Waals surface area contributed by atoms with Gasteiger partial charge in [0.05, 0.1) is 0 Å². The van der Waals surface area contributed by atoms with Crippen molar-refractivity contribution in [3.8, 4) is 0 Å². The van der Waals surface area contributed by atoms with Gasteiger partial charge in [-0.2, -0.15) is 0 Å². The minimum atomic E-state index is 0.636. The van der Waals surface area contributed by atoms with Crippen LogP contribution in [-0.4, -0.2) is 0 Å². The van der Waals surface area contributed by atoms with Crippen LogP contribution in [0.3, 0.4) is 0 Å². The Kier molecular flexibility index (Phi) is 6.52. The average molecular weight is 205 g/mol. The lowest BCUT2D eigenvalue weighted by molar-refractivity contribution is 0.661. The second-order valence-corrected chi connectivity index (χ2v) is 4.20. The fourth-order valence-electron chi connectivity index (χ4n) is 1.16. The lowest BCUT2D eigenvalue weighted by Crippen LogP contribution is -2.00. The number of rotatable bonds is 5. The van der Waals surface area contributed by atoms with Gasteiger partial charge in [-0.25, -0.2) is 0 Å². The van der Waals surface area contributed by atoms with Gasteiger partial charge < -0.3 is 5.73 Å². The van der Waals surface area contributed by atoms with Gasteiger partial charge >= 0.3 is 0 Å². The third-order valence-electron chi connectivity index (χ3n) is 2.01. The maximum absolute atomic E-state index is 5.90. The fourth-order valence-corrected chi connectivity index (χ4v) is 1.16. The van der Waals surface area contributed by atoms with E-state index in [2.05, 4.69) is 20.4 Å². The first-order valence-corrected chi connectivity index (χ1v) is 5.43. The normalized spacial score (nSPS) is 13.9. The van der Waals surface area contributed by atoms with Crippen molar-refractivity contribution in [2.24, 2.45) is 11.7 Å². The molecule has 0 saturated heterocycles. The monoisotopic (exact) mass is 205 g/mol. The molecule has 0 radical (unpaired) electrons. The van der Waals surface area contributed by atoms with Crippen LogP contribution in [0.1, 0.15) is 34.1 Å². The van der Waals surface area contributed by atoms with E-state index in [1.807, 2.05) is 38.2 Å². The van der Waals surface area contributed by atoms with Crippen LogP contribution in [0.2, 0.25) is 0 Å². The van der Waals surface area contributed by atoms with Gasteiger partial charge in [-0.3, -0.25) is 0 Å². The van der Waals surface area contributed by atoms with Gasteiger partial charge in [0.2, 0.25) is 0 Å². The second kappa shape index (κ2) is 7.10. The molecule has 1 nitrogen and oxygen atoms in total. The van der Waals surface area contributed by atoms with Gasteiger partial charge in [-0.1, -0.05) is 50.3 Å². The van der Waals surface area contributed by atoms with Crippen molar-refractivity contribution in [3.05, 3.63) is 47.7 Å². The fraction of sp³-hybridized carbons (Fsp3) is 0.429. The van der Waals surface area contributed by atoms with E-state index in [0.717, 1.165) is 17.7 Å². The number of nitrogens with two attached hydrogens (primary N) is 1. The SMILES string of the molecule is C=C(/C=C(C)/C=C\C)/C(N)=C\CC(C)C. The molecule has 0 atom stereocenters. The molecule has 0 aliphatic heterocycles. The van der Waals surface area contributed by atoms with Crippen LogP contribution in [0.4, 0.5) is 0 Å². The van der Waals surface area contributed by atoms with Crippen LogP contribution in [0, 0.1) is 5.92 Å². The molecule has 0 amide bonds. The molecule has 0 aliphatic rings. The van der Waals surface area contributed by atoms with E-state index in [1.54, 1.807) is 0 Å². The first-order valence-electron chi connectivity index (χ1n) is 5.43. The highest BCUT2D eigenvalue weighted by atomic mass is 14.6. The summed E-state index contributed by atoms with van der Waals surface area (Å²) in [6, 6.07) is 0. The van der Waals surface area contributed by atoms with Gasteiger partial charge in [0.25, 0.3) is 0 Å². The van der Waals surface area contributed by atoms with Gasteiger partial charge in [0, 0.05) is 5.70 Å². The molecule has 2 N–H and O–H groups in total. The third-order valence-corrected chi connectivity index (χ3v) is 2.01. The van der Waals surface area contributed by atoms with Crippen LogP contribution in [0.25, 0.3) is 0 Å². The first-order chi connectivity index (χ1) is 6.97. The van der Waals surface area contributed by atoms with Gasteiger partial charge in [0.1, 0.15) is 0 Å². The Morgan fingerprint density at radius 3 is 2.47 bits per heavy atom. The summed E-state index contributed by atoms with van der Waals surface area (Å²) in [4.78, 5) is 0. The van der Waals surface area contributed by atoms with Crippen molar-refractivity contribution in [1.29, 1.82) is 0 Å². The molecule has 84 valence electrons. The minimum Gasteiger partial charge on any atom is -0.399 e. The third kappa shape index (κ3) is 6.78. The summed E-state index contributed by atoms with van der Waals surface area (Å²) in [5, 5.41) is 0. The van der Waals surface area contributed by atoms with Crippen molar-refractivity contribution >= 4 is 0 Å². The molecule has 0 rings (SSSR count). The van der Waals surface area contributed by atoms with Crippen LogP contribution in [-0.2, 0) is 0 Å². The smallest absolute Gasteiger partial charge is 0.0341 e. The molecule has 0 bridgehead atoms. The van der Waals surface area contributed by atoms with Crippen molar-refractivity contribution in [3.63, 3.8) is 0 Å². The van der Waals surface area contributed by atoms with Crippen LogP contribution >= 0.6 is 0 Å². The molecule has 0 aliphatic carbocycles. The molecule has 0 aromatic rings. The summed E-state index contributed by atoms with van der Waals surface area (Å²) < 4.78 is 0. The number of hydrogen-bond acceptors (Lipinski definition) is 1. The molecule has 0 saturated carbocycles. The highest BCUT2D eigenvalue weighted by Crippen LogP contribution is 2.10. The van der Waals surface area contributed by atoms with E-state index in [4.69, 9.17) is 5.73 Å². The van der Waals surface area contributed by atoms with Crippen molar-refractivity contribution < 1.29 is 0 Å². The van der Waals surface area contributed by atoms with Crippen molar-refractivity contribution in [2.45, 2.75) is 34.1 Å². The summed E-state index contributed by atoms with van der Waals surface area (Å²) in [7, 11) is 0. The molecular weight excluding hydrogens is 182 g/mol. The average Bonchev–Trinajstić information content (AvgIpc) is 2.14. The van der Waals surface area contributed by atoms with E-state index >= 15 is 0 Å². The summed E-state index contributed by atoms with van der Waals surface area (Å²) >= 11 is 0. The zero-order chi connectivity index (χ0) is 11.8. The maximum atomic E-state index is 5.90. The molecule has 0 aromatic carbocycles. The summed E-state index contributed by atoms with van der Waals surface area (Å²) in [5.41, 5.74) is 8.75. The Morgan fingerprint density at radius 1 is 1.40 bits per heavy atom. The van der Waals surface area contributed by atoms with Crippen molar-refractivity contribution in [1.82, 2.24) is 0 Å². The zero-order valence-electron chi connectivity index (χ0n) is 10.4. The van der Waals surface area contributed by atoms with Crippen LogP contribution in [0.15, 0.2) is 47.7 Å². The first kappa shape index (κ1) is 13.8. The Labute approximate surface area is 94.1 Å². The highest BCUT2D eigenvalue weighted by molar-refractivity contribution is 5.39. The highest BCUT2D eigenvalue weighted by Gasteiger charge is 1.96. The Morgan fingerprint density at radius 2 is 2.00 bits per heavy atom. The predicted octanol–water partition coefficient (Wildman–Crippen LogP) is 3.95. The maximum Gasteiger partial charge on any atom is 0.0341 e. The van der Waals surface area contributed by atoms with Crippen LogP contribution in [0.5, 0.6) is 0 Å². The Bertz CT molecular complexity index is 290. The Balaban J connectivity index is 4.45. The summed E-state index contributed by atoms with van der Waals surface area (Å²) in [5.74, 6) is 0.636. The largest absolute Gasteiger partial charge is 0.399 e. The van der Waals surface area contributed by atoms with Gasteiger partial charge in [0.15, 0.2) is 0 Å². The van der Waals surface area contributed by atoms with Crippen LogP contribution < -0.4 is 5.73 Å². The topological polar surface area (TPSA) is 26.0 Å². The van der Waals surface area contributed by atoms with E-state index in [9.17, 15) is 0 Å². The molecule has 0 unspecified atom stereocenters. The van der Waals surface area contributed by atoms with Crippen molar-refractivity contribution in [2.75, 3.05) is 0 Å². The lowest BCUT2D eigenvalue weighted by atomic mass is 10.1. The Hall–Kier alpha value is -1.24. The zero-order valence-corrected chi connectivity index (χ0v) is 10.4. The second-order valence-electron chi connectivity index (χ2n) is 4.20. The quantitative estimate of drug-likeness (QED) is 0.676. The van der Waals surface area contributed by atoms with Gasteiger partial charge in [-0.05, 0) is 31.8 Å². The molecule has 1 heteroatoms. The molecule has 0 heterocycles.